The van der Waals surface area contributed by atoms with Crippen LogP contribution in [0.25, 0.3) is 0 Å². The summed E-state index contributed by atoms with van der Waals surface area (Å²) in [4.78, 5) is 17.7. The molecule has 5 rings (SSSR count). The molecule has 0 fully saturated rings. The van der Waals surface area contributed by atoms with Gasteiger partial charge in [-0.2, -0.15) is 4.98 Å². The molecule has 0 saturated heterocycles. The Balaban J connectivity index is 1.48. The van der Waals surface area contributed by atoms with E-state index in [4.69, 9.17) is 9.47 Å². The Morgan fingerprint density at radius 1 is 1.03 bits per heavy atom. The predicted octanol–water partition coefficient (Wildman–Crippen LogP) is 4.76. The second-order valence-corrected chi connectivity index (χ2v) is 8.58. The average molecular weight is 462 g/mol. The molecule has 2 N–H and O–H groups in total. The first-order valence-electron chi connectivity index (χ1n) is 10.5. The van der Waals surface area contributed by atoms with Crippen molar-refractivity contribution in [3.8, 4) is 11.5 Å². The van der Waals surface area contributed by atoms with Crippen LogP contribution in [0.4, 0.5) is 11.9 Å². The molecule has 1 amide bonds. The normalized spacial score (nSPS) is 17.0. The number of carbonyl (C=O) groups excluding carboxylic acids is 1. The quantitative estimate of drug-likeness (QED) is 0.430. The molecule has 2 aromatic carbocycles. The number of ether oxygens (including phenoxy) is 2. The molecule has 0 spiro atoms. The molecule has 0 saturated carbocycles. The Bertz CT molecular complexity index is 1240. The maximum absolute atomic E-state index is 12.5. The number of thiophene rings is 1. The molecule has 8 nitrogen and oxygen atoms in total. The summed E-state index contributed by atoms with van der Waals surface area (Å²) in [5.74, 6) is 2.25. The van der Waals surface area contributed by atoms with E-state index in [1.165, 1.54) is 11.3 Å². The zero-order valence-electron chi connectivity index (χ0n) is 18.2. The fourth-order valence-corrected chi connectivity index (χ4v) is 4.58. The molecule has 0 unspecified atom stereocenters. The standard InChI is InChI=1S/C24H23N5O3S/c1-31-17-9-5-15(6-10-17)19-14-20(16-7-11-18(32-2)12-8-16)29-24(25-19)27-23(28-29)26-22(30)21-4-3-13-33-21/h3-13,19-20H,14H2,1-2H3,(H2,25,26,27,28,30)/t19-,20+/m1/s1. The van der Waals surface area contributed by atoms with E-state index >= 15 is 0 Å². The maximum atomic E-state index is 12.5. The molecule has 9 heteroatoms. The van der Waals surface area contributed by atoms with Crippen LogP contribution in [0.1, 0.15) is 39.3 Å². The minimum Gasteiger partial charge on any atom is -0.497 e. The van der Waals surface area contributed by atoms with Gasteiger partial charge in [-0.1, -0.05) is 30.3 Å². The number of carbonyl (C=O) groups is 1. The number of benzene rings is 2. The highest BCUT2D eigenvalue weighted by atomic mass is 32.1. The number of amides is 1. The number of anilines is 2. The molecule has 0 radical (unpaired) electrons. The summed E-state index contributed by atoms with van der Waals surface area (Å²) in [6, 6.07) is 19.5. The Morgan fingerprint density at radius 2 is 1.70 bits per heavy atom. The van der Waals surface area contributed by atoms with Crippen molar-refractivity contribution in [2.75, 3.05) is 24.9 Å². The fourth-order valence-electron chi connectivity index (χ4n) is 3.96. The van der Waals surface area contributed by atoms with Crippen molar-refractivity contribution in [1.82, 2.24) is 14.8 Å². The number of methoxy groups -OCH3 is 2. The van der Waals surface area contributed by atoms with Crippen LogP contribution in [0, 0.1) is 0 Å². The molecule has 168 valence electrons. The first-order chi connectivity index (χ1) is 16.1. The molecular formula is C24H23N5O3S. The number of nitrogens with zero attached hydrogens (tertiary/aromatic N) is 3. The maximum Gasteiger partial charge on any atom is 0.268 e. The van der Waals surface area contributed by atoms with Gasteiger partial charge in [-0.15, -0.1) is 16.4 Å². The molecule has 1 aliphatic heterocycles. The van der Waals surface area contributed by atoms with Crippen LogP contribution in [0.2, 0.25) is 0 Å². The van der Waals surface area contributed by atoms with Crippen LogP contribution < -0.4 is 20.1 Å². The van der Waals surface area contributed by atoms with Gasteiger partial charge in [-0.3, -0.25) is 10.1 Å². The molecule has 2 aromatic heterocycles. The number of hydrogen-bond acceptors (Lipinski definition) is 7. The molecule has 4 aromatic rings. The zero-order chi connectivity index (χ0) is 22.8. The molecule has 33 heavy (non-hydrogen) atoms. The van der Waals surface area contributed by atoms with E-state index in [2.05, 4.69) is 20.7 Å². The van der Waals surface area contributed by atoms with Crippen LogP contribution in [-0.4, -0.2) is 34.9 Å². The molecule has 3 heterocycles. The monoisotopic (exact) mass is 461 g/mol. The van der Waals surface area contributed by atoms with Gasteiger partial charge in [0.1, 0.15) is 11.5 Å². The van der Waals surface area contributed by atoms with Crippen molar-refractivity contribution in [2.45, 2.75) is 18.5 Å². The highest BCUT2D eigenvalue weighted by Crippen LogP contribution is 2.39. The summed E-state index contributed by atoms with van der Waals surface area (Å²) >= 11 is 1.37. The smallest absolute Gasteiger partial charge is 0.268 e. The lowest BCUT2D eigenvalue weighted by molar-refractivity contribution is 0.102. The fraction of sp³-hybridized carbons (Fsp3) is 0.208. The Hall–Kier alpha value is -3.85. The van der Waals surface area contributed by atoms with Crippen molar-refractivity contribution in [1.29, 1.82) is 0 Å². The van der Waals surface area contributed by atoms with Crippen LogP contribution in [0.3, 0.4) is 0 Å². The largest absolute Gasteiger partial charge is 0.497 e. The summed E-state index contributed by atoms with van der Waals surface area (Å²) in [6.45, 7) is 0. The first-order valence-corrected chi connectivity index (χ1v) is 11.4. The van der Waals surface area contributed by atoms with Gasteiger partial charge < -0.3 is 14.8 Å². The predicted molar refractivity (Wildman–Crippen MR) is 127 cm³/mol. The minimum atomic E-state index is -0.222. The van der Waals surface area contributed by atoms with Crippen molar-refractivity contribution < 1.29 is 14.3 Å². The van der Waals surface area contributed by atoms with E-state index < -0.39 is 0 Å². The minimum absolute atomic E-state index is 0.0144. The van der Waals surface area contributed by atoms with Crippen molar-refractivity contribution in [2.24, 2.45) is 0 Å². The van der Waals surface area contributed by atoms with Crippen LogP contribution in [0.5, 0.6) is 11.5 Å². The van der Waals surface area contributed by atoms with Gasteiger partial charge in [-0.05, 0) is 53.3 Å². The van der Waals surface area contributed by atoms with Gasteiger partial charge in [0.2, 0.25) is 5.95 Å². The molecule has 1 aliphatic rings. The molecule has 0 bridgehead atoms. The van der Waals surface area contributed by atoms with Gasteiger partial charge in [0.25, 0.3) is 11.9 Å². The van der Waals surface area contributed by atoms with Crippen molar-refractivity contribution in [3.05, 3.63) is 82.0 Å². The van der Waals surface area contributed by atoms with E-state index in [0.717, 1.165) is 29.0 Å². The second kappa shape index (κ2) is 8.95. The van der Waals surface area contributed by atoms with Gasteiger partial charge in [-0.25, -0.2) is 4.68 Å². The van der Waals surface area contributed by atoms with E-state index in [0.29, 0.717) is 10.8 Å². The summed E-state index contributed by atoms with van der Waals surface area (Å²) in [6.07, 6.45) is 0.757. The van der Waals surface area contributed by atoms with Crippen molar-refractivity contribution >= 4 is 29.1 Å². The zero-order valence-corrected chi connectivity index (χ0v) is 19.0. The number of fused-ring (bicyclic) bond motifs is 1. The van der Waals surface area contributed by atoms with Crippen LogP contribution >= 0.6 is 11.3 Å². The Morgan fingerprint density at radius 3 is 2.30 bits per heavy atom. The third-order valence-electron chi connectivity index (χ3n) is 5.68. The summed E-state index contributed by atoms with van der Waals surface area (Å²) in [5, 5.41) is 12.8. The number of hydrogen-bond donors (Lipinski definition) is 2. The SMILES string of the molecule is COc1ccc([C@H]2C[C@@H](c3ccc(OC)cc3)n3nc(NC(=O)c4cccs4)nc3N2)cc1. The van der Waals surface area contributed by atoms with Gasteiger partial charge in [0.05, 0.1) is 31.2 Å². The Kier molecular flexibility index (Phi) is 5.70. The molecular weight excluding hydrogens is 438 g/mol. The van der Waals surface area contributed by atoms with Gasteiger partial charge in [0.15, 0.2) is 0 Å². The lowest BCUT2D eigenvalue weighted by atomic mass is 9.93. The summed E-state index contributed by atoms with van der Waals surface area (Å²) in [7, 11) is 3.30. The van der Waals surface area contributed by atoms with E-state index in [9.17, 15) is 4.79 Å². The van der Waals surface area contributed by atoms with E-state index in [1.807, 2.05) is 64.7 Å². The number of aromatic nitrogens is 3. The Labute approximate surface area is 195 Å². The van der Waals surface area contributed by atoms with E-state index in [1.54, 1.807) is 20.3 Å². The molecule has 0 aliphatic carbocycles. The molecule has 2 atom stereocenters. The number of rotatable bonds is 6. The third-order valence-corrected chi connectivity index (χ3v) is 6.55. The average Bonchev–Trinajstić information content (AvgIpc) is 3.53. The van der Waals surface area contributed by atoms with E-state index in [-0.39, 0.29) is 23.9 Å². The second-order valence-electron chi connectivity index (χ2n) is 7.63. The summed E-state index contributed by atoms with van der Waals surface area (Å²) < 4.78 is 12.5. The lowest BCUT2D eigenvalue weighted by Gasteiger charge is -2.31. The lowest BCUT2D eigenvalue weighted by Crippen LogP contribution is -2.28. The third kappa shape index (κ3) is 4.27. The highest BCUT2D eigenvalue weighted by Gasteiger charge is 2.31. The van der Waals surface area contributed by atoms with Crippen LogP contribution in [0.15, 0.2) is 66.0 Å². The van der Waals surface area contributed by atoms with Gasteiger partial charge >= 0.3 is 0 Å². The first kappa shape index (κ1) is 21.0. The van der Waals surface area contributed by atoms with Crippen molar-refractivity contribution in [3.63, 3.8) is 0 Å². The van der Waals surface area contributed by atoms with Crippen LogP contribution in [-0.2, 0) is 0 Å². The highest BCUT2D eigenvalue weighted by molar-refractivity contribution is 7.12. The van der Waals surface area contributed by atoms with Gasteiger partial charge in [0, 0.05) is 0 Å². The topological polar surface area (TPSA) is 90.3 Å². The summed E-state index contributed by atoms with van der Waals surface area (Å²) in [5.41, 5.74) is 2.20. The number of nitrogens with one attached hydrogen (secondary N) is 2.